The van der Waals surface area contributed by atoms with Gasteiger partial charge in [0.15, 0.2) is 0 Å². The highest BCUT2D eigenvalue weighted by atomic mass is 32.2. The Hall–Kier alpha value is -2.16. The highest BCUT2D eigenvalue weighted by Gasteiger charge is 2.44. The molecule has 1 saturated heterocycles. The lowest BCUT2D eigenvalue weighted by atomic mass is 10.2. The summed E-state index contributed by atoms with van der Waals surface area (Å²) in [5.74, 6) is -0.566. The molecule has 2 aliphatic heterocycles. The van der Waals surface area contributed by atoms with Crippen LogP contribution in [-0.4, -0.2) is 40.8 Å². The van der Waals surface area contributed by atoms with E-state index in [0.29, 0.717) is 24.5 Å². The van der Waals surface area contributed by atoms with Crippen molar-refractivity contribution in [2.45, 2.75) is 6.10 Å². The Morgan fingerprint density at radius 2 is 1.96 bits per heavy atom. The van der Waals surface area contributed by atoms with Crippen LogP contribution in [0.25, 0.3) is 0 Å². The number of morpholine rings is 1. The molecular formula is C17H18FN3O3S. The van der Waals surface area contributed by atoms with Gasteiger partial charge in [0.25, 0.3) is 0 Å². The second kappa shape index (κ2) is 6.29. The lowest BCUT2D eigenvalue weighted by Crippen LogP contribution is -2.47. The number of para-hydroxylation sites is 2. The fraction of sp³-hybridized carbons (Fsp3) is 0.294. The van der Waals surface area contributed by atoms with Crippen molar-refractivity contribution < 1.29 is 17.5 Å². The van der Waals surface area contributed by atoms with Crippen molar-refractivity contribution >= 4 is 27.3 Å². The Labute approximate surface area is 146 Å². The molecule has 1 fully saturated rings. The summed E-state index contributed by atoms with van der Waals surface area (Å²) in [4.78, 5) is 0. The first-order chi connectivity index (χ1) is 12.1. The third-order valence-corrected chi connectivity index (χ3v) is 6.07. The van der Waals surface area contributed by atoms with Gasteiger partial charge < -0.3 is 10.1 Å². The Bertz CT molecular complexity index is 870. The molecule has 8 heteroatoms. The number of anilines is 3. The van der Waals surface area contributed by atoms with E-state index in [2.05, 4.69) is 5.32 Å². The normalized spacial score (nSPS) is 22.0. The molecule has 4 rings (SSSR count). The van der Waals surface area contributed by atoms with Crippen molar-refractivity contribution in [2.24, 2.45) is 0 Å². The van der Waals surface area contributed by atoms with Crippen LogP contribution in [0, 0.1) is 5.82 Å². The molecule has 1 unspecified atom stereocenters. The summed E-state index contributed by atoms with van der Waals surface area (Å²) in [5.41, 5.74) is 0.857. The third kappa shape index (κ3) is 2.76. The molecular weight excluding hydrogens is 345 g/mol. The van der Waals surface area contributed by atoms with Crippen LogP contribution in [0.1, 0.15) is 0 Å². The molecule has 0 aliphatic carbocycles. The number of fused-ring (bicyclic) bond motifs is 1. The number of benzene rings is 2. The zero-order valence-electron chi connectivity index (χ0n) is 13.4. The maximum atomic E-state index is 14.5. The summed E-state index contributed by atoms with van der Waals surface area (Å²) < 4.78 is 48.8. The van der Waals surface area contributed by atoms with E-state index < -0.39 is 16.0 Å². The molecule has 0 saturated carbocycles. The number of nitrogens with zero attached hydrogens (tertiary/aromatic N) is 2. The molecule has 2 aromatic rings. The van der Waals surface area contributed by atoms with Crippen molar-refractivity contribution in [1.29, 1.82) is 0 Å². The fourth-order valence-electron chi connectivity index (χ4n) is 3.20. The summed E-state index contributed by atoms with van der Waals surface area (Å²) in [7, 11) is -3.94. The molecule has 0 radical (unpaired) electrons. The summed E-state index contributed by atoms with van der Waals surface area (Å²) in [6, 6.07) is 13.1. The summed E-state index contributed by atoms with van der Waals surface area (Å²) in [6.07, 6.45) is -0.327. The zero-order chi connectivity index (χ0) is 17.4. The number of hydrogen-bond acceptors (Lipinski definition) is 4. The fourth-order valence-corrected chi connectivity index (χ4v) is 4.94. The van der Waals surface area contributed by atoms with E-state index in [-0.39, 0.29) is 18.3 Å². The molecule has 0 bridgehead atoms. The number of nitrogens with one attached hydrogen (secondary N) is 1. The molecule has 2 aliphatic rings. The maximum absolute atomic E-state index is 14.5. The summed E-state index contributed by atoms with van der Waals surface area (Å²) in [5, 5.41) is 3.16. The molecule has 1 N–H and O–H groups in total. The molecule has 6 nitrogen and oxygen atoms in total. The van der Waals surface area contributed by atoms with Crippen molar-refractivity contribution in [3.05, 3.63) is 54.3 Å². The standard InChI is InChI=1S/C17H18FN3O3S/c18-15-7-4-8-16-17(15)20(12-14-11-19-9-10-24-14)25(22,23)21(16)13-5-2-1-3-6-13/h1-8,14,19H,9-12H2. The second-order valence-electron chi connectivity index (χ2n) is 5.94. The minimum atomic E-state index is -3.94. The SMILES string of the molecule is O=S1(=O)N(CC2CNCCO2)c2c(F)cccc2N1c1ccccc1. The zero-order valence-corrected chi connectivity index (χ0v) is 14.2. The van der Waals surface area contributed by atoms with Gasteiger partial charge in [-0.2, -0.15) is 8.42 Å². The largest absolute Gasteiger partial charge is 0.374 e. The number of hydrogen-bond donors (Lipinski definition) is 1. The van der Waals surface area contributed by atoms with Gasteiger partial charge in [-0.05, 0) is 24.3 Å². The van der Waals surface area contributed by atoms with E-state index in [1.807, 2.05) is 0 Å². The lowest BCUT2D eigenvalue weighted by Gasteiger charge is -2.29. The van der Waals surface area contributed by atoms with Gasteiger partial charge in [0.2, 0.25) is 0 Å². The first-order valence-corrected chi connectivity index (χ1v) is 9.47. The summed E-state index contributed by atoms with van der Waals surface area (Å²) in [6.45, 7) is 1.82. The molecule has 25 heavy (non-hydrogen) atoms. The van der Waals surface area contributed by atoms with Gasteiger partial charge in [0.1, 0.15) is 11.5 Å². The molecule has 1 atom stereocenters. The highest BCUT2D eigenvalue weighted by molar-refractivity contribution is 7.95. The van der Waals surface area contributed by atoms with Crippen LogP contribution < -0.4 is 13.9 Å². The summed E-state index contributed by atoms with van der Waals surface area (Å²) >= 11 is 0. The Kier molecular flexibility index (Phi) is 4.10. The molecule has 2 aromatic carbocycles. The number of halogens is 1. The number of rotatable bonds is 3. The van der Waals surface area contributed by atoms with E-state index >= 15 is 0 Å². The van der Waals surface area contributed by atoms with Crippen molar-refractivity contribution in [3.8, 4) is 0 Å². The maximum Gasteiger partial charge on any atom is 0.331 e. The van der Waals surface area contributed by atoms with E-state index in [1.165, 1.54) is 16.4 Å². The molecule has 132 valence electrons. The Balaban J connectivity index is 1.80. The lowest BCUT2D eigenvalue weighted by molar-refractivity contribution is 0.0353. The average Bonchev–Trinajstić information content (AvgIpc) is 2.84. The second-order valence-corrected chi connectivity index (χ2v) is 7.64. The van der Waals surface area contributed by atoms with Gasteiger partial charge in [-0.1, -0.05) is 24.3 Å². The number of ether oxygens (including phenoxy) is 1. The smallest absolute Gasteiger partial charge is 0.331 e. The highest BCUT2D eigenvalue weighted by Crippen LogP contribution is 2.46. The average molecular weight is 363 g/mol. The van der Waals surface area contributed by atoms with Crippen molar-refractivity contribution in [3.63, 3.8) is 0 Å². The van der Waals surface area contributed by atoms with Gasteiger partial charge >= 0.3 is 10.2 Å². The van der Waals surface area contributed by atoms with Crippen LogP contribution in [0.3, 0.4) is 0 Å². The van der Waals surface area contributed by atoms with Gasteiger partial charge in [-0.3, -0.25) is 0 Å². The van der Waals surface area contributed by atoms with Gasteiger partial charge in [0, 0.05) is 13.1 Å². The molecule has 0 spiro atoms. The quantitative estimate of drug-likeness (QED) is 0.906. The third-order valence-electron chi connectivity index (χ3n) is 4.31. The van der Waals surface area contributed by atoms with E-state index in [9.17, 15) is 12.8 Å². The van der Waals surface area contributed by atoms with E-state index in [4.69, 9.17) is 4.74 Å². The topological polar surface area (TPSA) is 61.9 Å². The molecule has 0 amide bonds. The van der Waals surface area contributed by atoms with Crippen molar-refractivity contribution in [2.75, 3.05) is 34.9 Å². The predicted octanol–water partition coefficient (Wildman–Crippen LogP) is 2.02. The van der Waals surface area contributed by atoms with E-state index in [0.717, 1.165) is 10.8 Å². The van der Waals surface area contributed by atoms with Crippen LogP contribution in [0.5, 0.6) is 0 Å². The Morgan fingerprint density at radius 3 is 2.68 bits per heavy atom. The van der Waals surface area contributed by atoms with Crippen LogP contribution >= 0.6 is 0 Å². The van der Waals surface area contributed by atoms with Gasteiger partial charge in [-0.25, -0.2) is 13.0 Å². The van der Waals surface area contributed by atoms with Crippen LogP contribution in [0.2, 0.25) is 0 Å². The van der Waals surface area contributed by atoms with Crippen molar-refractivity contribution in [1.82, 2.24) is 5.32 Å². The first kappa shape index (κ1) is 16.3. The minimum absolute atomic E-state index is 0.0621. The Morgan fingerprint density at radius 1 is 1.16 bits per heavy atom. The molecule has 2 heterocycles. The first-order valence-electron chi connectivity index (χ1n) is 8.08. The monoisotopic (exact) mass is 363 g/mol. The van der Waals surface area contributed by atoms with Gasteiger partial charge in [-0.15, -0.1) is 0 Å². The van der Waals surface area contributed by atoms with Crippen LogP contribution in [0.4, 0.5) is 21.5 Å². The molecule has 0 aromatic heterocycles. The minimum Gasteiger partial charge on any atom is -0.374 e. The van der Waals surface area contributed by atoms with Crippen LogP contribution in [0.15, 0.2) is 48.5 Å². The van der Waals surface area contributed by atoms with Crippen LogP contribution in [-0.2, 0) is 14.9 Å². The van der Waals surface area contributed by atoms with Gasteiger partial charge in [0.05, 0.1) is 30.6 Å². The van der Waals surface area contributed by atoms with E-state index in [1.54, 1.807) is 36.4 Å². The predicted molar refractivity (Wildman–Crippen MR) is 93.9 cm³/mol.